The zero-order valence-electron chi connectivity index (χ0n) is 21.3. The molecular weight excluding hydrogens is 483 g/mol. The Morgan fingerprint density at radius 2 is 1.49 bits per heavy atom. The van der Waals surface area contributed by atoms with Crippen LogP contribution in [0, 0.1) is 5.92 Å². The first-order valence-electron chi connectivity index (χ1n) is 12.9. The summed E-state index contributed by atoms with van der Waals surface area (Å²) in [6, 6.07) is 12.9. The number of carbonyl (C=O) groups excluding carboxylic acids is 2. The van der Waals surface area contributed by atoms with E-state index >= 15 is 0 Å². The number of anilines is 1. The number of hydrogen-bond donors (Lipinski definition) is 1. The van der Waals surface area contributed by atoms with Gasteiger partial charge in [0.15, 0.2) is 0 Å². The predicted molar refractivity (Wildman–Crippen MR) is 136 cm³/mol. The van der Waals surface area contributed by atoms with Crippen LogP contribution < -0.4 is 10.1 Å². The number of likely N-dealkylation sites (tertiary alicyclic amines) is 2. The summed E-state index contributed by atoms with van der Waals surface area (Å²) in [5, 5.41) is 2.77. The van der Waals surface area contributed by atoms with Crippen LogP contribution in [0.15, 0.2) is 48.5 Å². The molecule has 0 aliphatic carbocycles. The van der Waals surface area contributed by atoms with E-state index in [4.69, 9.17) is 0 Å². The summed E-state index contributed by atoms with van der Waals surface area (Å²) in [6.07, 6.45) is -1.07. The van der Waals surface area contributed by atoms with Gasteiger partial charge in [0.1, 0.15) is 5.75 Å². The molecule has 9 heteroatoms. The lowest BCUT2D eigenvalue weighted by molar-refractivity contribution is -0.274. The van der Waals surface area contributed by atoms with E-state index in [9.17, 15) is 22.8 Å². The highest BCUT2D eigenvalue weighted by Gasteiger charge is 2.32. The Bertz CT molecular complexity index is 1050. The molecule has 0 atom stereocenters. The van der Waals surface area contributed by atoms with E-state index in [0.717, 1.165) is 64.0 Å². The van der Waals surface area contributed by atoms with Gasteiger partial charge in [0.05, 0.1) is 0 Å². The van der Waals surface area contributed by atoms with Crippen molar-refractivity contribution in [3.63, 3.8) is 0 Å². The van der Waals surface area contributed by atoms with E-state index in [1.165, 1.54) is 17.7 Å². The number of hydrogen-bond acceptors (Lipinski definition) is 4. The molecule has 4 rings (SSSR count). The van der Waals surface area contributed by atoms with Crippen molar-refractivity contribution in [3.8, 4) is 5.75 Å². The fourth-order valence-electron chi connectivity index (χ4n) is 5.20. The van der Waals surface area contributed by atoms with Gasteiger partial charge in [-0.05, 0) is 100 Å². The van der Waals surface area contributed by atoms with E-state index in [-0.39, 0.29) is 17.2 Å². The summed E-state index contributed by atoms with van der Waals surface area (Å²) in [4.78, 5) is 30.0. The molecule has 2 aliphatic rings. The maximum Gasteiger partial charge on any atom is 0.573 e. The summed E-state index contributed by atoms with van der Waals surface area (Å²) in [5.41, 5.74) is 2.00. The Morgan fingerprint density at radius 3 is 2.03 bits per heavy atom. The topological polar surface area (TPSA) is 61.9 Å². The van der Waals surface area contributed by atoms with Gasteiger partial charge in [-0.3, -0.25) is 9.59 Å². The summed E-state index contributed by atoms with van der Waals surface area (Å²) in [7, 11) is 0. The molecule has 2 aliphatic heterocycles. The van der Waals surface area contributed by atoms with E-state index in [1.807, 2.05) is 29.2 Å². The first-order valence-corrected chi connectivity index (χ1v) is 12.9. The first kappa shape index (κ1) is 27.0. The van der Waals surface area contributed by atoms with Gasteiger partial charge in [-0.25, -0.2) is 0 Å². The Balaban J connectivity index is 1.25. The Hall–Kier alpha value is -3.07. The van der Waals surface area contributed by atoms with Crippen LogP contribution in [0.1, 0.15) is 61.4 Å². The molecule has 0 unspecified atom stereocenters. The number of benzene rings is 2. The monoisotopic (exact) mass is 517 g/mol. The van der Waals surface area contributed by atoms with Crippen LogP contribution in [-0.2, 0) is 4.79 Å². The maximum atomic E-state index is 13.0. The summed E-state index contributed by atoms with van der Waals surface area (Å²) in [5.74, 6) is 0.00789. The van der Waals surface area contributed by atoms with E-state index in [1.54, 1.807) is 0 Å². The number of carbonyl (C=O) groups is 2. The molecule has 1 N–H and O–H groups in total. The van der Waals surface area contributed by atoms with Crippen LogP contribution in [0.25, 0.3) is 0 Å². The lowest BCUT2D eigenvalue weighted by Crippen LogP contribution is -2.46. The number of nitrogens with zero attached hydrogens (tertiary/aromatic N) is 2. The lowest BCUT2D eigenvalue weighted by Gasteiger charge is -2.38. The van der Waals surface area contributed by atoms with Crippen molar-refractivity contribution in [2.75, 3.05) is 31.5 Å². The van der Waals surface area contributed by atoms with Gasteiger partial charge in [0, 0.05) is 36.3 Å². The van der Waals surface area contributed by atoms with E-state index in [0.29, 0.717) is 23.6 Å². The quantitative estimate of drug-likeness (QED) is 0.537. The summed E-state index contributed by atoms with van der Waals surface area (Å²) >= 11 is 0. The molecule has 37 heavy (non-hydrogen) atoms. The molecule has 200 valence electrons. The molecule has 0 radical (unpaired) electrons. The van der Waals surface area contributed by atoms with E-state index < -0.39 is 12.3 Å². The highest BCUT2D eigenvalue weighted by atomic mass is 19.4. The largest absolute Gasteiger partial charge is 0.573 e. The molecule has 0 saturated carbocycles. The summed E-state index contributed by atoms with van der Waals surface area (Å²) in [6.45, 7) is 7.91. The molecule has 0 bridgehead atoms. The molecule has 2 heterocycles. The second-order valence-electron chi connectivity index (χ2n) is 10.2. The van der Waals surface area contributed by atoms with Gasteiger partial charge in [-0.2, -0.15) is 0 Å². The average Bonchev–Trinajstić information content (AvgIpc) is 2.88. The van der Waals surface area contributed by atoms with Crippen molar-refractivity contribution in [2.24, 2.45) is 5.92 Å². The predicted octanol–water partition coefficient (Wildman–Crippen LogP) is 5.66. The molecule has 2 saturated heterocycles. The van der Waals surface area contributed by atoms with Crippen LogP contribution in [0.5, 0.6) is 5.75 Å². The molecule has 2 amide bonds. The number of ether oxygens (including phenoxy) is 1. The number of alkyl halides is 3. The molecule has 2 fully saturated rings. The number of piperidine rings is 2. The third-order valence-corrected chi connectivity index (χ3v) is 7.41. The fraction of sp³-hybridized carbons (Fsp3) is 0.500. The van der Waals surface area contributed by atoms with Crippen LogP contribution >= 0.6 is 0 Å². The van der Waals surface area contributed by atoms with Crippen LogP contribution in [-0.4, -0.2) is 60.2 Å². The second kappa shape index (κ2) is 11.5. The fourth-order valence-corrected chi connectivity index (χ4v) is 5.20. The molecule has 2 aromatic carbocycles. The number of nitrogens with one attached hydrogen (secondary N) is 1. The van der Waals surface area contributed by atoms with Crippen LogP contribution in [0.3, 0.4) is 0 Å². The highest BCUT2D eigenvalue weighted by molar-refractivity contribution is 6.04. The number of rotatable bonds is 6. The normalized spacial score (nSPS) is 18.2. The third-order valence-electron chi connectivity index (χ3n) is 7.41. The number of halogens is 3. The van der Waals surface area contributed by atoms with Gasteiger partial charge in [-0.1, -0.05) is 12.1 Å². The van der Waals surface area contributed by atoms with Crippen molar-refractivity contribution >= 4 is 17.5 Å². The maximum absolute atomic E-state index is 13.0. The molecular formula is C28H34F3N3O3. The van der Waals surface area contributed by atoms with Crippen molar-refractivity contribution in [1.29, 1.82) is 0 Å². The smallest absolute Gasteiger partial charge is 0.406 e. The van der Waals surface area contributed by atoms with Crippen LogP contribution in [0.2, 0.25) is 0 Å². The zero-order chi connectivity index (χ0) is 26.6. The SMILES string of the molecule is CC(C)N1CCC(C(=O)N2CCC(c3ccc(NC(=O)c4ccc(OC(F)(F)F)cc4)cc3)CC2)CC1. The minimum Gasteiger partial charge on any atom is -0.406 e. The first-order chi connectivity index (χ1) is 17.6. The Kier molecular flexibility index (Phi) is 8.42. The number of amides is 2. The van der Waals surface area contributed by atoms with E-state index in [2.05, 4.69) is 28.8 Å². The molecule has 0 aromatic heterocycles. The van der Waals surface area contributed by atoms with Gasteiger partial charge in [-0.15, -0.1) is 13.2 Å². The van der Waals surface area contributed by atoms with Gasteiger partial charge < -0.3 is 19.9 Å². The van der Waals surface area contributed by atoms with Gasteiger partial charge >= 0.3 is 6.36 Å². The van der Waals surface area contributed by atoms with Crippen molar-refractivity contribution < 1.29 is 27.5 Å². The highest BCUT2D eigenvalue weighted by Crippen LogP contribution is 2.31. The second-order valence-corrected chi connectivity index (χ2v) is 10.2. The van der Waals surface area contributed by atoms with Crippen molar-refractivity contribution in [2.45, 2.75) is 57.9 Å². The van der Waals surface area contributed by atoms with Crippen molar-refractivity contribution in [3.05, 3.63) is 59.7 Å². The molecule has 0 spiro atoms. The minimum absolute atomic E-state index is 0.141. The average molecular weight is 518 g/mol. The minimum atomic E-state index is -4.77. The zero-order valence-corrected chi connectivity index (χ0v) is 21.3. The van der Waals surface area contributed by atoms with Gasteiger partial charge in [0.2, 0.25) is 5.91 Å². The van der Waals surface area contributed by atoms with Crippen molar-refractivity contribution in [1.82, 2.24) is 9.80 Å². The lowest BCUT2D eigenvalue weighted by atomic mass is 9.88. The Labute approximate surface area is 215 Å². The summed E-state index contributed by atoms with van der Waals surface area (Å²) < 4.78 is 40.7. The van der Waals surface area contributed by atoms with Crippen LogP contribution in [0.4, 0.5) is 18.9 Å². The molecule has 2 aromatic rings. The third kappa shape index (κ3) is 7.25. The van der Waals surface area contributed by atoms with Gasteiger partial charge in [0.25, 0.3) is 5.91 Å². The Morgan fingerprint density at radius 1 is 0.892 bits per heavy atom. The molecule has 6 nitrogen and oxygen atoms in total. The standard InChI is InChI=1S/C28H34F3N3O3/c1-19(2)33-15-13-23(14-16-33)27(36)34-17-11-21(12-18-34)20-3-7-24(8-4-20)32-26(35)22-5-9-25(10-6-22)37-28(29,30)31/h3-10,19,21,23H,11-18H2,1-2H3,(H,32,35).